The van der Waals surface area contributed by atoms with Crippen molar-refractivity contribution < 1.29 is 4.39 Å². The maximum Gasteiger partial charge on any atom is 0.141 e. The van der Waals surface area contributed by atoms with E-state index in [2.05, 4.69) is 6.58 Å². The van der Waals surface area contributed by atoms with Gasteiger partial charge in [0, 0.05) is 38.8 Å². The number of halogens is 1. The third-order valence-electron chi connectivity index (χ3n) is 5.70. The van der Waals surface area contributed by atoms with Crippen LogP contribution < -0.4 is 5.73 Å². The molecule has 1 aliphatic rings. The zero-order valence-corrected chi connectivity index (χ0v) is 18.1. The smallest absolute Gasteiger partial charge is 0.141 e. The molecule has 0 bridgehead atoms. The number of nitrogen functional groups attached to an aromatic ring is 1. The van der Waals surface area contributed by atoms with Crippen LogP contribution in [0.4, 0.5) is 10.1 Å². The summed E-state index contributed by atoms with van der Waals surface area (Å²) in [7, 11) is 0. The monoisotopic (exact) mass is 429 g/mol. The van der Waals surface area contributed by atoms with Gasteiger partial charge in [-0.15, -0.1) is 11.3 Å². The molecule has 5 heteroatoms. The number of rotatable bonds is 5. The summed E-state index contributed by atoms with van der Waals surface area (Å²) < 4.78 is 14.3. The summed E-state index contributed by atoms with van der Waals surface area (Å²) in [6.45, 7) is 3.88. The Hall–Kier alpha value is -3.23. The van der Waals surface area contributed by atoms with Crippen LogP contribution in [0.2, 0.25) is 0 Å². The van der Waals surface area contributed by atoms with E-state index in [1.807, 2.05) is 36.5 Å². The number of hydrogen-bond acceptors (Lipinski definition) is 4. The van der Waals surface area contributed by atoms with Crippen molar-refractivity contribution in [3.05, 3.63) is 70.9 Å². The van der Waals surface area contributed by atoms with Crippen LogP contribution >= 0.6 is 11.3 Å². The Labute approximate surface area is 186 Å². The van der Waals surface area contributed by atoms with E-state index in [0.29, 0.717) is 11.7 Å². The van der Waals surface area contributed by atoms with E-state index in [-0.39, 0.29) is 5.56 Å². The van der Waals surface area contributed by atoms with E-state index >= 15 is 0 Å². The van der Waals surface area contributed by atoms with Gasteiger partial charge in [-0.25, -0.2) is 4.39 Å². The number of nitrogens with two attached hydrogens (primary N) is 1. The van der Waals surface area contributed by atoms with Gasteiger partial charge in [-0.1, -0.05) is 44.1 Å². The summed E-state index contributed by atoms with van der Waals surface area (Å²) >= 11 is 1.59. The van der Waals surface area contributed by atoms with E-state index in [1.54, 1.807) is 23.5 Å². The number of aliphatic imine (C=N–C) groups is 1. The number of thiophene rings is 1. The number of hydrogen-bond donors (Lipinski definition) is 1. The number of benzene rings is 2. The van der Waals surface area contributed by atoms with Crippen LogP contribution in [0, 0.1) is 17.1 Å². The molecule has 0 spiro atoms. The SMILES string of the molecule is C=Cc1cc(-c2ccc(C#N)c(F)c2)c(-c2ccc(N)c(C=NC3CCCCC3)c2)s1. The fraction of sp³-hybridized carbons (Fsp3) is 0.231. The summed E-state index contributed by atoms with van der Waals surface area (Å²) in [4.78, 5) is 6.78. The summed E-state index contributed by atoms with van der Waals surface area (Å²) in [6, 6.07) is 14.9. The number of anilines is 1. The maximum atomic E-state index is 14.3. The average molecular weight is 430 g/mol. The molecule has 1 heterocycles. The second-order valence-electron chi connectivity index (χ2n) is 7.82. The quantitative estimate of drug-likeness (QED) is 0.348. The summed E-state index contributed by atoms with van der Waals surface area (Å²) in [5.74, 6) is -0.519. The molecule has 1 aromatic heterocycles. The minimum Gasteiger partial charge on any atom is -0.398 e. The van der Waals surface area contributed by atoms with Crippen molar-refractivity contribution in [3.63, 3.8) is 0 Å². The normalized spacial score (nSPS) is 14.6. The van der Waals surface area contributed by atoms with Gasteiger partial charge in [0.25, 0.3) is 0 Å². The molecular weight excluding hydrogens is 405 g/mol. The van der Waals surface area contributed by atoms with Crippen LogP contribution in [-0.2, 0) is 0 Å². The molecule has 2 N–H and O–H groups in total. The van der Waals surface area contributed by atoms with Gasteiger partial charge in [0.05, 0.1) is 5.56 Å². The van der Waals surface area contributed by atoms with E-state index in [0.717, 1.165) is 44.8 Å². The molecule has 1 aliphatic carbocycles. The van der Waals surface area contributed by atoms with Crippen molar-refractivity contribution in [1.29, 1.82) is 5.26 Å². The van der Waals surface area contributed by atoms with E-state index in [9.17, 15) is 4.39 Å². The third-order valence-corrected chi connectivity index (χ3v) is 6.88. The van der Waals surface area contributed by atoms with Gasteiger partial charge in [0.2, 0.25) is 0 Å². The molecule has 0 amide bonds. The lowest BCUT2D eigenvalue weighted by Gasteiger charge is -2.17. The van der Waals surface area contributed by atoms with Gasteiger partial charge in [-0.3, -0.25) is 4.99 Å². The molecule has 156 valence electrons. The van der Waals surface area contributed by atoms with Crippen molar-refractivity contribution in [2.24, 2.45) is 4.99 Å². The van der Waals surface area contributed by atoms with Gasteiger partial charge in [-0.2, -0.15) is 5.26 Å². The molecule has 4 rings (SSSR count). The fourth-order valence-electron chi connectivity index (χ4n) is 3.96. The van der Waals surface area contributed by atoms with Gasteiger partial charge in [-0.05, 0) is 54.3 Å². The lowest BCUT2D eigenvalue weighted by molar-refractivity contribution is 0.444. The summed E-state index contributed by atoms with van der Waals surface area (Å²) in [6.07, 6.45) is 9.74. The zero-order chi connectivity index (χ0) is 21.8. The Morgan fingerprint density at radius 1 is 1.10 bits per heavy atom. The van der Waals surface area contributed by atoms with Crippen molar-refractivity contribution in [2.75, 3.05) is 5.73 Å². The predicted molar refractivity (Wildman–Crippen MR) is 129 cm³/mol. The maximum absolute atomic E-state index is 14.3. The molecule has 1 fully saturated rings. The Kier molecular flexibility index (Phi) is 6.29. The fourth-order valence-corrected chi connectivity index (χ4v) is 4.98. The second-order valence-corrected chi connectivity index (χ2v) is 8.90. The Bertz CT molecular complexity index is 1180. The van der Waals surface area contributed by atoms with E-state index in [1.165, 1.54) is 31.4 Å². The molecular formula is C26H24FN3S. The van der Waals surface area contributed by atoms with Gasteiger partial charge >= 0.3 is 0 Å². The highest BCUT2D eigenvalue weighted by molar-refractivity contribution is 7.17. The molecule has 3 aromatic rings. The molecule has 0 radical (unpaired) electrons. The molecule has 0 unspecified atom stereocenters. The van der Waals surface area contributed by atoms with E-state index < -0.39 is 5.82 Å². The van der Waals surface area contributed by atoms with Crippen LogP contribution in [0.25, 0.3) is 27.6 Å². The van der Waals surface area contributed by atoms with E-state index in [4.69, 9.17) is 16.0 Å². The number of nitriles is 1. The Balaban J connectivity index is 1.73. The molecule has 0 aliphatic heterocycles. The second kappa shape index (κ2) is 9.28. The first kappa shape index (κ1) is 21.0. The first-order valence-electron chi connectivity index (χ1n) is 10.5. The molecule has 1 saturated carbocycles. The largest absolute Gasteiger partial charge is 0.398 e. The summed E-state index contributed by atoms with van der Waals surface area (Å²) in [5, 5.41) is 9.03. The molecule has 0 saturated heterocycles. The van der Waals surface area contributed by atoms with Gasteiger partial charge in [0.15, 0.2) is 0 Å². The van der Waals surface area contributed by atoms with Crippen LogP contribution in [0.5, 0.6) is 0 Å². The highest BCUT2D eigenvalue weighted by Gasteiger charge is 2.15. The van der Waals surface area contributed by atoms with Crippen molar-refractivity contribution in [3.8, 4) is 27.6 Å². The minimum absolute atomic E-state index is 0.0400. The van der Waals surface area contributed by atoms with Crippen molar-refractivity contribution in [1.82, 2.24) is 0 Å². The first-order chi connectivity index (χ1) is 15.1. The average Bonchev–Trinajstić information content (AvgIpc) is 3.24. The van der Waals surface area contributed by atoms with Crippen LogP contribution in [0.1, 0.15) is 48.1 Å². The Morgan fingerprint density at radius 2 is 1.87 bits per heavy atom. The van der Waals surface area contributed by atoms with Crippen LogP contribution in [-0.4, -0.2) is 12.3 Å². The standard InChI is InChI=1S/C26H24FN3S/c1-2-22-14-23(17-8-9-19(15-28)24(27)13-17)26(31-22)18-10-11-25(29)20(12-18)16-30-21-6-4-3-5-7-21/h2,8-14,16,21H,1,3-7,29H2. The predicted octanol–water partition coefficient (Wildman–Crippen LogP) is 7.07. The third kappa shape index (κ3) is 4.60. The Morgan fingerprint density at radius 3 is 2.58 bits per heavy atom. The van der Waals surface area contributed by atoms with Crippen LogP contribution in [0.15, 0.2) is 54.0 Å². The minimum atomic E-state index is -0.519. The first-order valence-corrected chi connectivity index (χ1v) is 11.3. The van der Waals surface area contributed by atoms with Crippen LogP contribution in [0.3, 0.4) is 0 Å². The number of nitrogens with zero attached hydrogens (tertiary/aromatic N) is 2. The van der Waals surface area contributed by atoms with Crippen molar-refractivity contribution in [2.45, 2.75) is 38.1 Å². The van der Waals surface area contributed by atoms with Crippen molar-refractivity contribution >= 4 is 29.3 Å². The molecule has 3 nitrogen and oxygen atoms in total. The topological polar surface area (TPSA) is 62.2 Å². The molecule has 0 atom stereocenters. The summed E-state index contributed by atoms with van der Waals surface area (Å²) in [5.41, 5.74) is 10.5. The molecule has 31 heavy (non-hydrogen) atoms. The lowest BCUT2D eigenvalue weighted by atomic mass is 9.96. The molecule has 2 aromatic carbocycles. The zero-order valence-electron chi connectivity index (χ0n) is 17.3. The highest BCUT2D eigenvalue weighted by atomic mass is 32.1. The van der Waals surface area contributed by atoms with Gasteiger partial charge in [0.1, 0.15) is 11.9 Å². The lowest BCUT2D eigenvalue weighted by Crippen LogP contribution is -2.09. The van der Waals surface area contributed by atoms with Gasteiger partial charge < -0.3 is 5.73 Å². The highest BCUT2D eigenvalue weighted by Crippen LogP contribution is 2.41.